The highest BCUT2D eigenvalue weighted by molar-refractivity contribution is 5.17. The number of aromatic nitrogens is 1. The van der Waals surface area contributed by atoms with Crippen LogP contribution in [0.4, 0.5) is 0 Å². The second-order valence-corrected chi connectivity index (χ2v) is 4.51. The lowest BCUT2D eigenvalue weighted by Gasteiger charge is -2.26. The summed E-state index contributed by atoms with van der Waals surface area (Å²) in [5.41, 5.74) is 1.05. The quantitative estimate of drug-likeness (QED) is 0.847. The molecule has 1 saturated carbocycles. The zero-order valence-corrected chi connectivity index (χ0v) is 9.89. The van der Waals surface area contributed by atoms with Gasteiger partial charge in [0.2, 0.25) is 0 Å². The Kier molecular flexibility index (Phi) is 3.78. The first kappa shape index (κ1) is 11.4. The topological polar surface area (TPSA) is 36.4 Å². The van der Waals surface area contributed by atoms with E-state index in [2.05, 4.69) is 16.8 Å². The minimum absolute atomic E-state index is 0.243. The first-order valence-electron chi connectivity index (χ1n) is 6.17. The molecule has 1 aromatic rings. The number of aromatic hydroxyl groups is 1. The highest BCUT2D eigenvalue weighted by Crippen LogP contribution is 2.24. The van der Waals surface area contributed by atoms with Crippen molar-refractivity contribution in [3.8, 4) is 5.75 Å². The second kappa shape index (κ2) is 5.30. The number of rotatable bonds is 4. The van der Waals surface area contributed by atoms with E-state index in [4.69, 9.17) is 0 Å². The summed E-state index contributed by atoms with van der Waals surface area (Å²) in [4.78, 5) is 6.74. The van der Waals surface area contributed by atoms with Gasteiger partial charge in [-0.05, 0) is 31.5 Å². The molecule has 2 rings (SSSR count). The second-order valence-electron chi connectivity index (χ2n) is 4.51. The van der Waals surface area contributed by atoms with Gasteiger partial charge in [-0.3, -0.25) is 9.88 Å². The zero-order valence-electron chi connectivity index (χ0n) is 9.89. The van der Waals surface area contributed by atoms with Crippen molar-refractivity contribution in [1.29, 1.82) is 0 Å². The van der Waals surface area contributed by atoms with E-state index >= 15 is 0 Å². The molecule has 0 spiro atoms. The molecule has 16 heavy (non-hydrogen) atoms. The molecule has 1 aliphatic rings. The summed E-state index contributed by atoms with van der Waals surface area (Å²) in [7, 11) is 0. The van der Waals surface area contributed by atoms with Gasteiger partial charge in [0.1, 0.15) is 5.75 Å². The fraction of sp³-hybridized carbons (Fsp3) is 0.615. The SMILES string of the molecule is CCN(Cc1ccc(O)cn1)C1CCCC1. The van der Waals surface area contributed by atoms with Crippen molar-refractivity contribution < 1.29 is 5.11 Å². The predicted octanol–water partition coefficient (Wildman–Crippen LogP) is 2.55. The predicted molar refractivity (Wildman–Crippen MR) is 64.2 cm³/mol. The number of hydrogen-bond acceptors (Lipinski definition) is 3. The molecule has 1 fully saturated rings. The number of nitrogens with zero attached hydrogens (tertiary/aromatic N) is 2. The van der Waals surface area contributed by atoms with Crippen LogP contribution in [0, 0.1) is 0 Å². The van der Waals surface area contributed by atoms with E-state index in [1.165, 1.54) is 31.9 Å². The largest absolute Gasteiger partial charge is 0.506 e. The lowest BCUT2D eigenvalue weighted by molar-refractivity contribution is 0.198. The Morgan fingerprint density at radius 3 is 2.69 bits per heavy atom. The van der Waals surface area contributed by atoms with Crippen molar-refractivity contribution >= 4 is 0 Å². The summed E-state index contributed by atoms with van der Waals surface area (Å²) in [6.45, 7) is 4.19. The molecule has 0 aromatic carbocycles. The third kappa shape index (κ3) is 2.73. The van der Waals surface area contributed by atoms with E-state index in [0.717, 1.165) is 24.8 Å². The summed E-state index contributed by atoms with van der Waals surface area (Å²) in [5.74, 6) is 0.243. The Balaban J connectivity index is 1.97. The Hall–Kier alpha value is -1.09. The van der Waals surface area contributed by atoms with Crippen LogP contribution in [-0.4, -0.2) is 27.6 Å². The maximum Gasteiger partial charge on any atom is 0.133 e. The molecule has 1 aromatic heterocycles. The van der Waals surface area contributed by atoms with Crippen LogP contribution in [0.1, 0.15) is 38.3 Å². The van der Waals surface area contributed by atoms with Crippen LogP contribution in [0.5, 0.6) is 5.75 Å². The van der Waals surface area contributed by atoms with E-state index in [1.807, 2.05) is 6.07 Å². The summed E-state index contributed by atoms with van der Waals surface area (Å²) in [6, 6.07) is 4.36. The van der Waals surface area contributed by atoms with Gasteiger partial charge in [0, 0.05) is 12.6 Å². The third-order valence-corrected chi connectivity index (χ3v) is 3.42. The standard InChI is InChI=1S/C13H20N2O/c1-2-15(12-5-3-4-6-12)10-11-7-8-13(16)9-14-11/h7-9,12,16H,2-6,10H2,1H3. The lowest BCUT2D eigenvalue weighted by atomic mass is 10.2. The Labute approximate surface area is 97.1 Å². The monoisotopic (exact) mass is 220 g/mol. The van der Waals surface area contributed by atoms with Gasteiger partial charge in [-0.15, -0.1) is 0 Å². The molecule has 0 aliphatic heterocycles. The molecule has 0 unspecified atom stereocenters. The minimum atomic E-state index is 0.243. The molecule has 0 amide bonds. The highest BCUT2D eigenvalue weighted by Gasteiger charge is 2.21. The van der Waals surface area contributed by atoms with Crippen molar-refractivity contribution in [1.82, 2.24) is 9.88 Å². The Morgan fingerprint density at radius 2 is 2.12 bits per heavy atom. The van der Waals surface area contributed by atoms with E-state index in [0.29, 0.717) is 0 Å². The summed E-state index contributed by atoms with van der Waals surface area (Å²) in [6.07, 6.45) is 6.91. The van der Waals surface area contributed by atoms with Gasteiger partial charge in [-0.2, -0.15) is 0 Å². The van der Waals surface area contributed by atoms with Crippen molar-refractivity contribution in [2.24, 2.45) is 0 Å². The number of hydrogen-bond donors (Lipinski definition) is 1. The lowest BCUT2D eigenvalue weighted by Crippen LogP contribution is -2.32. The van der Waals surface area contributed by atoms with E-state index < -0.39 is 0 Å². The van der Waals surface area contributed by atoms with Gasteiger partial charge in [-0.25, -0.2) is 0 Å². The van der Waals surface area contributed by atoms with Crippen molar-refractivity contribution in [3.05, 3.63) is 24.0 Å². The van der Waals surface area contributed by atoms with E-state index in [-0.39, 0.29) is 5.75 Å². The van der Waals surface area contributed by atoms with E-state index in [9.17, 15) is 5.11 Å². The molecule has 1 aliphatic carbocycles. The summed E-state index contributed by atoms with van der Waals surface area (Å²) >= 11 is 0. The van der Waals surface area contributed by atoms with Gasteiger partial charge >= 0.3 is 0 Å². The van der Waals surface area contributed by atoms with Crippen LogP contribution in [0.3, 0.4) is 0 Å². The molecule has 0 bridgehead atoms. The fourth-order valence-corrected chi connectivity index (χ4v) is 2.49. The van der Waals surface area contributed by atoms with Gasteiger partial charge in [0.05, 0.1) is 11.9 Å². The molecular formula is C13H20N2O. The van der Waals surface area contributed by atoms with Crippen LogP contribution in [0.15, 0.2) is 18.3 Å². The van der Waals surface area contributed by atoms with Crippen LogP contribution in [0.2, 0.25) is 0 Å². The smallest absolute Gasteiger partial charge is 0.133 e. The van der Waals surface area contributed by atoms with Gasteiger partial charge in [0.25, 0.3) is 0 Å². The molecule has 1 heterocycles. The Bertz CT molecular complexity index is 317. The zero-order chi connectivity index (χ0) is 11.4. The van der Waals surface area contributed by atoms with Gasteiger partial charge in [-0.1, -0.05) is 19.8 Å². The average molecular weight is 220 g/mol. The first-order chi connectivity index (χ1) is 7.79. The normalized spacial score (nSPS) is 17.1. The van der Waals surface area contributed by atoms with Gasteiger partial charge in [0.15, 0.2) is 0 Å². The molecule has 3 nitrogen and oxygen atoms in total. The number of pyridine rings is 1. The molecule has 3 heteroatoms. The molecule has 0 radical (unpaired) electrons. The average Bonchev–Trinajstić information content (AvgIpc) is 2.82. The van der Waals surface area contributed by atoms with Crippen molar-refractivity contribution in [2.75, 3.05) is 6.54 Å². The first-order valence-corrected chi connectivity index (χ1v) is 6.17. The highest BCUT2D eigenvalue weighted by atomic mass is 16.3. The maximum atomic E-state index is 9.18. The van der Waals surface area contributed by atoms with Crippen LogP contribution in [0.25, 0.3) is 0 Å². The minimum Gasteiger partial charge on any atom is -0.506 e. The van der Waals surface area contributed by atoms with Gasteiger partial charge < -0.3 is 5.11 Å². The molecule has 0 atom stereocenters. The van der Waals surface area contributed by atoms with Crippen LogP contribution in [-0.2, 0) is 6.54 Å². The molecule has 0 saturated heterocycles. The molecule has 88 valence electrons. The van der Waals surface area contributed by atoms with Crippen LogP contribution >= 0.6 is 0 Å². The summed E-state index contributed by atoms with van der Waals surface area (Å²) < 4.78 is 0. The van der Waals surface area contributed by atoms with Crippen molar-refractivity contribution in [2.45, 2.75) is 45.2 Å². The third-order valence-electron chi connectivity index (χ3n) is 3.42. The molecular weight excluding hydrogens is 200 g/mol. The van der Waals surface area contributed by atoms with Crippen molar-refractivity contribution in [3.63, 3.8) is 0 Å². The summed E-state index contributed by atoms with van der Waals surface area (Å²) in [5, 5.41) is 9.18. The fourth-order valence-electron chi connectivity index (χ4n) is 2.49. The van der Waals surface area contributed by atoms with E-state index in [1.54, 1.807) is 6.07 Å². The Morgan fingerprint density at radius 1 is 1.38 bits per heavy atom. The molecule has 1 N–H and O–H groups in total. The maximum absolute atomic E-state index is 9.18. The van der Waals surface area contributed by atoms with Crippen LogP contribution < -0.4 is 0 Å².